The lowest BCUT2D eigenvalue weighted by molar-refractivity contribution is 0.642. The van der Waals surface area contributed by atoms with Crippen LogP contribution >= 0.6 is 0 Å². The van der Waals surface area contributed by atoms with Crippen molar-refractivity contribution < 1.29 is 0 Å². The molecule has 0 saturated heterocycles. The van der Waals surface area contributed by atoms with E-state index < -0.39 is 0 Å². The Labute approximate surface area is 99.4 Å². The molecule has 0 aromatic heterocycles. The molecule has 0 saturated carbocycles. The Morgan fingerprint density at radius 3 is 2.19 bits per heavy atom. The number of rotatable bonds is 4. The zero-order valence-corrected chi connectivity index (χ0v) is 10.9. The Balaban J connectivity index is 2.90. The van der Waals surface area contributed by atoms with Gasteiger partial charge in [-0.25, -0.2) is 0 Å². The van der Waals surface area contributed by atoms with E-state index in [1.54, 1.807) is 0 Å². The maximum Gasteiger partial charge on any atom is 0.0303 e. The van der Waals surface area contributed by atoms with Crippen molar-refractivity contribution >= 4 is 0 Å². The van der Waals surface area contributed by atoms with Crippen LogP contribution in [0.4, 0.5) is 0 Å². The molecule has 2 N–H and O–H groups in total. The van der Waals surface area contributed by atoms with Crippen LogP contribution in [-0.2, 0) is 0 Å². The standard InChI is InChI=1S/C15H23N/c1-10(2)6-7-14(16)15-12(4)8-11(3)9-13(15)5/h8-9,14H,1,6-7,16H2,2-5H3. The van der Waals surface area contributed by atoms with Gasteiger partial charge in [-0.05, 0) is 57.2 Å². The average molecular weight is 217 g/mol. The first-order chi connectivity index (χ1) is 7.41. The molecule has 0 radical (unpaired) electrons. The van der Waals surface area contributed by atoms with Crippen molar-refractivity contribution in [2.24, 2.45) is 5.73 Å². The van der Waals surface area contributed by atoms with E-state index in [4.69, 9.17) is 5.73 Å². The Morgan fingerprint density at radius 2 is 1.75 bits per heavy atom. The second-order valence-corrected chi connectivity index (χ2v) is 4.91. The van der Waals surface area contributed by atoms with E-state index in [0.29, 0.717) is 0 Å². The van der Waals surface area contributed by atoms with Crippen LogP contribution in [-0.4, -0.2) is 0 Å². The molecular weight excluding hydrogens is 194 g/mol. The number of hydrogen-bond acceptors (Lipinski definition) is 1. The molecule has 1 aromatic carbocycles. The van der Waals surface area contributed by atoms with Gasteiger partial charge in [0.25, 0.3) is 0 Å². The lowest BCUT2D eigenvalue weighted by atomic mass is 9.91. The minimum absolute atomic E-state index is 0.136. The van der Waals surface area contributed by atoms with Gasteiger partial charge in [-0.2, -0.15) is 0 Å². The number of hydrogen-bond donors (Lipinski definition) is 1. The van der Waals surface area contributed by atoms with Crippen LogP contribution in [0.15, 0.2) is 24.3 Å². The maximum atomic E-state index is 6.25. The van der Waals surface area contributed by atoms with Crippen molar-refractivity contribution in [3.8, 4) is 0 Å². The topological polar surface area (TPSA) is 26.0 Å². The molecular formula is C15H23N. The number of benzene rings is 1. The number of allylic oxidation sites excluding steroid dienone is 1. The molecule has 16 heavy (non-hydrogen) atoms. The summed E-state index contributed by atoms with van der Waals surface area (Å²) in [6, 6.07) is 4.56. The second kappa shape index (κ2) is 5.31. The van der Waals surface area contributed by atoms with Crippen LogP contribution < -0.4 is 5.73 Å². The highest BCUT2D eigenvalue weighted by atomic mass is 14.6. The zero-order chi connectivity index (χ0) is 12.3. The molecule has 0 heterocycles. The molecule has 0 aliphatic carbocycles. The van der Waals surface area contributed by atoms with E-state index in [2.05, 4.69) is 46.4 Å². The molecule has 0 aliphatic heterocycles. The first-order valence-electron chi connectivity index (χ1n) is 5.89. The Bertz CT molecular complexity index is 367. The van der Waals surface area contributed by atoms with Gasteiger partial charge in [0.1, 0.15) is 0 Å². The van der Waals surface area contributed by atoms with E-state index in [-0.39, 0.29) is 6.04 Å². The lowest BCUT2D eigenvalue weighted by Crippen LogP contribution is -2.13. The average Bonchev–Trinajstić information content (AvgIpc) is 2.12. The summed E-state index contributed by atoms with van der Waals surface area (Å²) in [5, 5.41) is 0. The first-order valence-corrected chi connectivity index (χ1v) is 5.89. The van der Waals surface area contributed by atoms with E-state index in [1.165, 1.54) is 27.8 Å². The third-order valence-corrected chi connectivity index (χ3v) is 2.99. The van der Waals surface area contributed by atoms with Crippen molar-refractivity contribution in [1.29, 1.82) is 0 Å². The third kappa shape index (κ3) is 3.21. The van der Waals surface area contributed by atoms with E-state index in [0.717, 1.165) is 12.8 Å². The highest BCUT2D eigenvalue weighted by Crippen LogP contribution is 2.25. The third-order valence-electron chi connectivity index (χ3n) is 2.99. The van der Waals surface area contributed by atoms with Crippen LogP contribution in [0.3, 0.4) is 0 Å². The van der Waals surface area contributed by atoms with Gasteiger partial charge >= 0.3 is 0 Å². The summed E-state index contributed by atoms with van der Waals surface area (Å²) in [6.45, 7) is 12.4. The van der Waals surface area contributed by atoms with Gasteiger partial charge in [0.15, 0.2) is 0 Å². The lowest BCUT2D eigenvalue weighted by Gasteiger charge is -2.18. The predicted molar refractivity (Wildman–Crippen MR) is 71.6 cm³/mol. The molecule has 1 heteroatoms. The summed E-state index contributed by atoms with van der Waals surface area (Å²) in [4.78, 5) is 0. The summed E-state index contributed by atoms with van der Waals surface area (Å²) in [5.74, 6) is 0. The van der Waals surface area contributed by atoms with Crippen LogP contribution in [0.25, 0.3) is 0 Å². The molecule has 1 atom stereocenters. The second-order valence-electron chi connectivity index (χ2n) is 4.91. The Kier molecular flexibility index (Phi) is 4.31. The Morgan fingerprint density at radius 1 is 1.25 bits per heavy atom. The molecule has 1 unspecified atom stereocenters. The quantitative estimate of drug-likeness (QED) is 0.759. The van der Waals surface area contributed by atoms with Gasteiger partial charge in [0.2, 0.25) is 0 Å². The maximum absolute atomic E-state index is 6.25. The van der Waals surface area contributed by atoms with Crippen LogP contribution in [0.5, 0.6) is 0 Å². The fraction of sp³-hybridized carbons (Fsp3) is 0.467. The van der Waals surface area contributed by atoms with E-state index >= 15 is 0 Å². The van der Waals surface area contributed by atoms with Crippen molar-refractivity contribution in [1.82, 2.24) is 0 Å². The fourth-order valence-corrected chi connectivity index (χ4v) is 2.32. The van der Waals surface area contributed by atoms with Gasteiger partial charge in [0.05, 0.1) is 0 Å². The molecule has 0 aliphatic rings. The summed E-state index contributed by atoms with van der Waals surface area (Å²) >= 11 is 0. The van der Waals surface area contributed by atoms with Gasteiger partial charge in [-0.15, -0.1) is 6.58 Å². The van der Waals surface area contributed by atoms with Crippen molar-refractivity contribution in [3.63, 3.8) is 0 Å². The zero-order valence-electron chi connectivity index (χ0n) is 10.9. The monoisotopic (exact) mass is 217 g/mol. The predicted octanol–water partition coefficient (Wildman–Crippen LogP) is 3.97. The van der Waals surface area contributed by atoms with Crippen molar-refractivity contribution in [3.05, 3.63) is 46.5 Å². The van der Waals surface area contributed by atoms with E-state index in [9.17, 15) is 0 Å². The van der Waals surface area contributed by atoms with Crippen LogP contribution in [0.2, 0.25) is 0 Å². The summed E-state index contributed by atoms with van der Waals surface area (Å²) in [7, 11) is 0. The molecule has 1 aromatic rings. The van der Waals surface area contributed by atoms with Crippen LogP contribution in [0, 0.1) is 20.8 Å². The normalized spacial score (nSPS) is 12.6. The largest absolute Gasteiger partial charge is 0.324 e. The SMILES string of the molecule is C=C(C)CCC(N)c1c(C)cc(C)cc1C. The number of nitrogens with two attached hydrogens (primary N) is 1. The molecule has 1 nitrogen and oxygen atoms in total. The van der Waals surface area contributed by atoms with Crippen molar-refractivity contribution in [2.45, 2.75) is 46.6 Å². The molecule has 1 rings (SSSR count). The van der Waals surface area contributed by atoms with Gasteiger partial charge in [-0.1, -0.05) is 23.3 Å². The fourth-order valence-electron chi connectivity index (χ4n) is 2.32. The van der Waals surface area contributed by atoms with E-state index in [1.807, 2.05) is 0 Å². The highest BCUT2D eigenvalue weighted by Gasteiger charge is 2.12. The van der Waals surface area contributed by atoms with Crippen molar-refractivity contribution in [2.75, 3.05) is 0 Å². The minimum atomic E-state index is 0.136. The minimum Gasteiger partial charge on any atom is -0.324 e. The molecule has 0 spiro atoms. The summed E-state index contributed by atoms with van der Waals surface area (Å²) in [6.07, 6.45) is 1.99. The number of aryl methyl sites for hydroxylation is 3. The van der Waals surface area contributed by atoms with Gasteiger partial charge < -0.3 is 5.73 Å². The Hall–Kier alpha value is -1.08. The smallest absolute Gasteiger partial charge is 0.0303 e. The molecule has 0 amide bonds. The highest BCUT2D eigenvalue weighted by molar-refractivity contribution is 5.39. The summed E-state index contributed by atoms with van der Waals surface area (Å²) in [5.41, 5.74) is 12.7. The summed E-state index contributed by atoms with van der Waals surface area (Å²) < 4.78 is 0. The molecule has 0 bridgehead atoms. The van der Waals surface area contributed by atoms with Gasteiger partial charge in [-0.3, -0.25) is 0 Å². The molecule has 0 fully saturated rings. The molecule has 88 valence electrons. The van der Waals surface area contributed by atoms with Crippen LogP contribution in [0.1, 0.15) is 48.1 Å². The first kappa shape index (κ1) is 13.0. The van der Waals surface area contributed by atoms with Gasteiger partial charge in [0, 0.05) is 6.04 Å².